The summed E-state index contributed by atoms with van der Waals surface area (Å²) >= 11 is 0. The predicted molar refractivity (Wildman–Crippen MR) is 128 cm³/mol. The van der Waals surface area contributed by atoms with Crippen LogP contribution in [0, 0.1) is 11.3 Å². The van der Waals surface area contributed by atoms with Gasteiger partial charge in [0.05, 0.1) is 35.1 Å². The number of nitriles is 1. The Hall–Kier alpha value is -4.15. The number of nitrogens with one attached hydrogen (secondary N) is 1. The molecule has 0 radical (unpaired) electrons. The van der Waals surface area contributed by atoms with E-state index in [1.807, 2.05) is 54.6 Å². The van der Waals surface area contributed by atoms with E-state index in [1.165, 1.54) is 0 Å². The van der Waals surface area contributed by atoms with Gasteiger partial charge in [-0.25, -0.2) is 4.68 Å². The average molecular weight is 438 g/mol. The van der Waals surface area contributed by atoms with Crippen molar-refractivity contribution in [3.63, 3.8) is 0 Å². The van der Waals surface area contributed by atoms with Gasteiger partial charge in [0.1, 0.15) is 0 Å². The number of hydrogen-bond donors (Lipinski definition) is 2. The van der Waals surface area contributed by atoms with Crippen LogP contribution in [0.15, 0.2) is 72.9 Å². The first-order valence-electron chi connectivity index (χ1n) is 10.9. The number of piperidine rings is 1. The fourth-order valence-corrected chi connectivity index (χ4v) is 4.14. The largest absolute Gasteiger partial charge is 0.393 e. The summed E-state index contributed by atoms with van der Waals surface area (Å²) in [7, 11) is 0. The van der Waals surface area contributed by atoms with Gasteiger partial charge in [0, 0.05) is 35.4 Å². The highest BCUT2D eigenvalue weighted by molar-refractivity contribution is 6.05. The number of benzene rings is 3. The fourth-order valence-electron chi connectivity index (χ4n) is 4.14. The molecule has 0 bridgehead atoms. The molecule has 1 aromatic heterocycles. The van der Waals surface area contributed by atoms with E-state index in [1.54, 1.807) is 23.0 Å². The number of aliphatic hydroxyl groups excluding tert-OH is 1. The van der Waals surface area contributed by atoms with Crippen LogP contribution >= 0.6 is 0 Å². The molecule has 4 aromatic rings. The van der Waals surface area contributed by atoms with Crippen molar-refractivity contribution in [1.29, 1.82) is 5.26 Å². The second kappa shape index (κ2) is 8.77. The Kier molecular flexibility index (Phi) is 5.51. The van der Waals surface area contributed by atoms with Crippen molar-refractivity contribution < 1.29 is 9.90 Å². The summed E-state index contributed by atoms with van der Waals surface area (Å²) < 4.78 is 1.81. The summed E-state index contributed by atoms with van der Waals surface area (Å²) in [6, 6.07) is 22.6. The Morgan fingerprint density at radius 3 is 2.39 bits per heavy atom. The first kappa shape index (κ1) is 20.7. The van der Waals surface area contributed by atoms with Crippen LogP contribution in [0.2, 0.25) is 0 Å². The van der Waals surface area contributed by atoms with E-state index in [2.05, 4.69) is 21.4 Å². The number of carbonyl (C=O) groups is 1. The number of carbonyl (C=O) groups excluding carboxylic acids is 1. The Morgan fingerprint density at radius 1 is 1.00 bits per heavy atom. The number of amides is 1. The maximum atomic E-state index is 12.8. The van der Waals surface area contributed by atoms with Crippen LogP contribution in [0.3, 0.4) is 0 Å². The fraction of sp³-hybridized carbons (Fsp3) is 0.192. The Morgan fingerprint density at radius 2 is 1.70 bits per heavy atom. The van der Waals surface area contributed by atoms with Crippen LogP contribution in [-0.4, -0.2) is 40.0 Å². The van der Waals surface area contributed by atoms with Crippen molar-refractivity contribution in [2.45, 2.75) is 18.9 Å². The van der Waals surface area contributed by atoms with Crippen molar-refractivity contribution >= 4 is 28.2 Å². The molecule has 0 saturated carbocycles. The maximum Gasteiger partial charge on any atom is 0.255 e. The van der Waals surface area contributed by atoms with Gasteiger partial charge < -0.3 is 15.3 Å². The van der Waals surface area contributed by atoms with Crippen LogP contribution in [0.25, 0.3) is 16.6 Å². The number of anilines is 2. The third kappa shape index (κ3) is 4.29. The molecular formula is C26H23N5O2. The number of hydrogen-bond acceptors (Lipinski definition) is 5. The molecule has 0 unspecified atom stereocenters. The van der Waals surface area contributed by atoms with Crippen LogP contribution < -0.4 is 10.2 Å². The molecule has 1 amide bonds. The SMILES string of the molecule is N#Cc1ccc(-n2ncc3cc(NC(=O)c4ccc(N5CCC(O)CC5)cc4)ccc32)cc1. The van der Waals surface area contributed by atoms with Gasteiger partial charge in [0.15, 0.2) is 0 Å². The van der Waals surface area contributed by atoms with Gasteiger partial charge in [-0.3, -0.25) is 4.79 Å². The molecule has 1 fully saturated rings. The third-order valence-electron chi connectivity index (χ3n) is 6.03. The van der Waals surface area contributed by atoms with E-state index >= 15 is 0 Å². The average Bonchev–Trinajstić information content (AvgIpc) is 3.28. The van der Waals surface area contributed by atoms with Crippen molar-refractivity contribution in [2.24, 2.45) is 0 Å². The van der Waals surface area contributed by atoms with Crippen molar-refractivity contribution in [3.05, 3.63) is 84.1 Å². The third-order valence-corrected chi connectivity index (χ3v) is 6.03. The summed E-state index contributed by atoms with van der Waals surface area (Å²) in [6.07, 6.45) is 3.09. The lowest BCUT2D eigenvalue weighted by Crippen LogP contribution is -2.35. The van der Waals surface area contributed by atoms with Crippen LogP contribution in [-0.2, 0) is 0 Å². The highest BCUT2D eigenvalue weighted by atomic mass is 16.3. The highest BCUT2D eigenvalue weighted by Crippen LogP contribution is 2.24. The summed E-state index contributed by atoms with van der Waals surface area (Å²) in [5.74, 6) is -0.172. The second-order valence-electron chi connectivity index (χ2n) is 8.21. The van der Waals surface area contributed by atoms with Crippen molar-refractivity contribution in [1.82, 2.24) is 9.78 Å². The minimum absolute atomic E-state index is 0.172. The molecule has 0 aliphatic carbocycles. The standard InChI is InChI=1S/C26H23N5O2/c27-16-18-1-6-23(7-2-18)31-25-10-5-21(15-20(25)17-28-31)29-26(33)19-3-8-22(9-4-19)30-13-11-24(32)12-14-30/h1-10,15,17,24,32H,11-14H2,(H,29,33). The number of rotatable bonds is 4. The summed E-state index contributed by atoms with van der Waals surface area (Å²) in [5.41, 5.74) is 4.72. The van der Waals surface area contributed by atoms with Gasteiger partial charge in [-0.1, -0.05) is 0 Å². The summed E-state index contributed by atoms with van der Waals surface area (Å²) in [4.78, 5) is 15.0. The number of fused-ring (bicyclic) bond motifs is 1. The molecular weight excluding hydrogens is 414 g/mol. The molecule has 1 aliphatic heterocycles. The molecule has 0 atom stereocenters. The van der Waals surface area contributed by atoms with E-state index in [4.69, 9.17) is 5.26 Å². The molecule has 5 rings (SSSR count). The highest BCUT2D eigenvalue weighted by Gasteiger charge is 2.17. The van der Waals surface area contributed by atoms with E-state index in [0.717, 1.165) is 48.2 Å². The normalized spacial score (nSPS) is 14.2. The maximum absolute atomic E-state index is 12.8. The molecule has 3 aromatic carbocycles. The molecule has 33 heavy (non-hydrogen) atoms. The van der Waals surface area contributed by atoms with E-state index in [9.17, 15) is 9.90 Å². The Labute approximate surface area is 191 Å². The van der Waals surface area contributed by atoms with Gasteiger partial charge in [0.25, 0.3) is 5.91 Å². The molecule has 2 heterocycles. The summed E-state index contributed by atoms with van der Waals surface area (Å²) in [6.45, 7) is 1.64. The van der Waals surface area contributed by atoms with Gasteiger partial charge >= 0.3 is 0 Å². The number of nitrogens with zero attached hydrogens (tertiary/aromatic N) is 4. The van der Waals surface area contributed by atoms with Gasteiger partial charge in [-0.05, 0) is 79.6 Å². The molecule has 1 saturated heterocycles. The van der Waals surface area contributed by atoms with Gasteiger partial charge in [-0.15, -0.1) is 0 Å². The topological polar surface area (TPSA) is 94.2 Å². The minimum Gasteiger partial charge on any atom is -0.393 e. The Balaban J connectivity index is 1.30. The number of aliphatic hydroxyl groups is 1. The molecule has 164 valence electrons. The van der Waals surface area contributed by atoms with E-state index in [-0.39, 0.29) is 12.0 Å². The summed E-state index contributed by atoms with van der Waals surface area (Å²) in [5, 5.41) is 27.0. The molecule has 0 spiro atoms. The molecule has 2 N–H and O–H groups in total. The molecule has 7 nitrogen and oxygen atoms in total. The monoisotopic (exact) mass is 437 g/mol. The van der Waals surface area contributed by atoms with Crippen molar-refractivity contribution in [2.75, 3.05) is 23.3 Å². The molecule has 7 heteroatoms. The smallest absolute Gasteiger partial charge is 0.255 e. The first-order valence-corrected chi connectivity index (χ1v) is 10.9. The van der Waals surface area contributed by atoms with Crippen LogP contribution in [0.4, 0.5) is 11.4 Å². The lowest BCUT2D eigenvalue weighted by Gasteiger charge is -2.31. The zero-order chi connectivity index (χ0) is 22.8. The second-order valence-corrected chi connectivity index (χ2v) is 8.21. The molecule has 1 aliphatic rings. The number of aromatic nitrogens is 2. The van der Waals surface area contributed by atoms with Crippen LogP contribution in [0.1, 0.15) is 28.8 Å². The first-order chi connectivity index (χ1) is 16.1. The quantitative estimate of drug-likeness (QED) is 0.501. The van der Waals surface area contributed by atoms with Crippen LogP contribution in [0.5, 0.6) is 0 Å². The van der Waals surface area contributed by atoms with Gasteiger partial charge in [0.2, 0.25) is 0 Å². The lowest BCUT2D eigenvalue weighted by atomic mass is 10.1. The minimum atomic E-state index is -0.208. The zero-order valence-electron chi connectivity index (χ0n) is 18.0. The van der Waals surface area contributed by atoms with E-state index in [0.29, 0.717) is 16.8 Å². The van der Waals surface area contributed by atoms with Crippen molar-refractivity contribution in [3.8, 4) is 11.8 Å². The predicted octanol–water partition coefficient (Wildman–Crippen LogP) is 4.11. The Bertz CT molecular complexity index is 1330. The lowest BCUT2D eigenvalue weighted by molar-refractivity contribution is 0.102. The van der Waals surface area contributed by atoms with Gasteiger partial charge in [-0.2, -0.15) is 10.4 Å². The zero-order valence-corrected chi connectivity index (χ0v) is 18.0. The van der Waals surface area contributed by atoms with E-state index < -0.39 is 0 Å².